The largest absolute Gasteiger partial charge is 0.508 e. The quantitative estimate of drug-likeness (QED) is 0.747. The SMILES string of the molecule is O=c1cc(O)n(-c2ccc(O)cc2)n1-c1ccccc1. The molecule has 0 aliphatic heterocycles. The van der Waals surface area contributed by atoms with Crippen molar-refractivity contribution >= 4 is 0 Å². The van der Waals surface area contributed by atoms with Gasteiger partial charge in [0.2, 0.25) is 5.88 Å². The highest BCUT2D eigenvalue weighted by Crippen LogP contribution is 2.20. The first-order valence-electron chi connectivity index (χ1n) is 6.06. The molecule has 0 fully saturated rings. The summed E-state index contributed by atoms with van der Waals surface area (Å²) in [5.74, 6) is -0.0430. The molecule has 2 N–H and O–H groups in total. The molecule has 1 heterocycles. The number of aromatic hydroxyl groups is 2. The lowest BCUT2D eigenvalue weighted by molar-refractivity contribution is 0.425. The number of rotatable bonds is 2. The number of nitrogens with zero attached hydrogens (tertiary/aromatic N) is 2. The van der Waals surface area contributed by atoms with E-state index in [4.69, 9.17) is 0 Å². The van der Waals surface area contributed by atoms with Gasteiger partial charge in [0, 0.05) is 0 Å². The second-order valence-corrected chi connectivity index (χ2v) is 4.32. The van der Waals surface area contributed by atoms with Gasteiger partial charge in [0.05, 0.1) is 17.4 Å². The Morgan fingerprint density at radius 2 is 1.35 bits per heavy atom. The van der Waals surface area contributed by atoms with Crippen LogP contribution in [0.5, 0.6) is 11.6 Å². The fourth-order valence-corrected chi connectivity index (χ4v) is 2.09. The van der Waals surface area contributed by atoms with Crippen LogP contribution in [0.4, 0.5) is 0 Å². The molecule has 0 unspecified atom stereocenters. The summed E-state index contributed by atoms with van der Waals surface area (Å²) in [4.78, 5) is 12.0. The molecule has 5 heteroatoms. The third kappa shape index (κ3) is 1.95. The van der Waals surface area contributed by atoms with Crippen molar-refractivity contribution in [3.8, 4) is 23.0 Å². The number of para-hydroxylation sites is 1. The Balaban J connectivity index is 2.26. The molecule has 0 amide bonds. The molecular weight excluding hydrogens is 256 g/mol. The van der Waals surface area contributed by atoms with E-state index in [1.54, 1.807) is 24.3 Å². The van der Waals surface area contributed by atoms with Crippen LogP contribution in [0, 0.1) is 0 Å². The first kappa shape index (κ1) is 12.1. The van der Waals surface area contributed by atoms with Crippen LogP contribution in [0.25, 0.3) is 11.4 Å². The molecule has 1 aromatic heterocycles. The van der Waals surface area contributed by atoms with Crippen LogP contribution in [0.15, 0.2) is 65.5 Å². The fraction of sp³-hybridized carbons (Fsp3) is 0. The molecule has 0 atom stereocenters. The van der Waals surface area contributed by atoms with Gasteiger partial charge in [0.25, 0.3) is 5.56 Å². The van der Waals surface area contributed by atoms with Gasteiger partial charge < -0.3 is 10.2 Å². The summed E-state index contributed by atoms with van der Waals surface area (Å²) in [5, 5.41) is 19.3. The number of phenols is 1. The van der Waals surface area contributed by atoms with Crippen molar-refractivity contribution in [3.05, 3.63) is 71.0 Å². The van der Waals surface area contributed by atoms with Crippen molar-refractivity contribution in [3.63, 3.8) is 0 Å². The minimum absolute atomic E-state index is 0.119. The molecule has 3 rings (SSSR count). The monoisotopic (exact) mass is 268 g/mol. The predicted octanol–water partition coefficient (Wildman–Crippen LogP) is 2.04. The zero-order chi connectivity index (χ0) is 14.1. The molecular formula is C15H12N2O3. The maximum absolute atomic E-state index is 12.0. The third-order valence-electron chi connectivity index (χ3n) is 2.97. The van der Waals surface area contributed by atoms with Gasteiger partial charge in [0.1, 0.15) is 5.75 Å². The van der Waals surface area contributed by atoms with Gasteiger partial charge in [-0.15, -0.1) is 0 Å². The van der Waals surface area contributed by atoms with Crippen molar-refractivity contribution < 1.29 is 10.2 Å². The molecule has 2 aromatic carbocycles. The second kappa shape index (κ2) is 4.62. The first-order chi connectivity index (χ1) is 9.66. The van der Waals surface area contributed by atoms with Crippen LogP contribution < -0.4 is 5.56 Å². The fourth-order valence-electron chi connectivity index (χ4n) is 2.09. The molecule has 3 aromatic rings. The maximum Gasteiger partial charge on any atom is 0.275 e. The van der Waals surface area contributed by atoms with Crippen molar-refractivity contribution in [1.29, 1.82) is 0 Å². The molecule has 20 heavy (non-hydrogen) atoms. The molecule has 0 spiro atoms. The summed E-state index contributed by atoms with van der Waals surface area (Å²) in [7, 11) is 0. The van der Waals surface area contributed by atoms with Crippen molar-refractivity contribution in [1.82, 2.24) is 9.36 Å². The summed E-state index contributed by atoms with van der Waals surface area (Å²) in [5.41, 5.74) is 0.888. The van der Waals surface area contributed by atoms with E-state index in [0.717, 1.165) is 6.07 Å². The molecule has 0 saturated heterocycles. The number of hydrogen-bond acceptors (Lipinski definition) is 3. The zero-order valence-electron chi connectivity index (χ0n) is 10.5. The van der Waals surface area contributed by atoms with Crippen LogP contribution in [0.1, 0.15) is 0 Å². The van der Waals surface area contributed by atoms with Crippen LogP contribution in [-0.4, -0.2) is 19.6 Å². The predicted molar refractivity (Wildman–Crippen MR) is 74.7 cm³/mol. The number of phenolic OH excluding ortho intramolecular Hbond substituents is 1. The Labute approximate surface area is 114 Å². The zero-order valence-corrected chi connectivity index (χ0v) is 10.5. The van der Waals surface area contributed by atoms with Gasteiger partial charge in [-0.2, -0.15) is 0 Å². The Hall–Kier alpha value is -2.95. The average Bonchev–Trinajstić information content (AvgIpc) is 2.75. The Bertz CT molecular complexity index is 786. The average molecular weight is 268 g/mol. The van der Waals surface area contributed by atoms with E-state index in [2.05, 4.69) is 0 Å². The molecule has 100 valence electrons. The van der Waals surface area contributed by atoms with Crippen molar-refractivity contribution in [2.24, 2.45) is 0 Å². The lowest BCUT2D eigenvalue weighted by Gasteiger charge is -2.12. The third-order valence-corrected chi connectivity index (χ3v) is 2.97. The summed E-state index contributed by atoms with van der Waals surface area (Å²) in [6.45, 7) is 0. The van der Waals surface area contributed by atoms with E-state index >= 15 is 0 Å². The molecule has 5 nitrogen and oxygen atoms in total. The summed E-state index contributed by atoms with van der Waals surface area (Å²) >= 11 is 0. The lowest BCUT2D eigenvalue weighted by atomic mass is 10.3. The van der Waals surface area contributed by atoms with Crippen LogP contribution in [0.2, 0.25) is 0 Å². The van der Waals surface area contributed by atoms with Gasteiger partial charge in [-0.25, -0.2) is 9.36 Å². The summed E-state index contributed by atoms with van der Waals surface area (Å²) in [6, 6.07) is 16.4. The Kier molecular flexibility index (Phi) is 2.80. The lowest BCUT2D eigenvalue weighted by Crippen LogP contribution is -2.19. The molecule has 0 bridgehead atoms. The second-order valence-electron chi connectivity index (χ2n) is 4.32. The highest BCUT2D eigenvalue weighted by atomic mass is 16.3. The van der Waals surface area contributed by atoms with Crippen LogP contribution in [-0.2, 0) is 0 Å². The van der Waals surface area contributed by atoms with Crippen molar-refractivity contribution in [2.45, 2.75) is 0 Å². The van der Waals surface area contributed by atoms with Crippen LogP contribution in [0.3, 0.4) is 0 Å². The standard InChI is InChI=1S/C15H12N2O3/c18-13-8-6-12(7-9-13)17-15(20)10-14(19)16(17)11-4-2-1-3-5-11/h1-10,18,20H. The molecule has 0 radical (unpaired) electrons. The Morgan fingerprint density at radius 3 is 2.00 bits per heavy atom. The van der Waals surface area contributed by atoms with Gasteiger partial charge in [-0.3, -0.25) is 4.79 Å². The van der Waals surface area contributed by atoms with Crippen LogP contribution >= 0.6 is 0 Å². The van der Waals surface area contributed by atoms with Crippen molar-refractivity contribution in [2.75, 3.05) is 0 Å². The van der Waals surface area contributed by atoms with E-state index in [0.29, 0.717) is 11.4 Å². The van der Waals surface area contributed by atoms with E-state index < -0.39 is 0 Å². The first-order valence-corrected chi connectivity index (χ1v) is 6.06. The number of benzene rings is 2. The highest BCUT2D eigenvalue weighted by Gasteiger charge is 2.13. The highest BCUT2D eigenvalue weighted by molar-refractivity contribution is 5.42. The molecule has 0 aliphatic rings. The minimum Gasteiger partial charge on any atom is -0.508 e. The summed E-state index contributed by atoms with van der Waals surface area (Å²) < 4.78 is 2.75. The van der Waals surface area contributed by atoms with E-state index in [1.807, 2.05) is 18.2 Å². The van der Waals surface area contributed by atoms with E-state index in [-0.39, 0.29) is 17.2 Å². The maximum atomic E-state index is 12.0. The smallest absolute Gasteiger partial charge is 0.275 e. The van der Waals surface area contributed by atoms with Gasteiger partial charge in [-0.05, 0) is 36.4 Å². The van der Waals surface area contributed by atoms with E-state index in [9.17, 15) is 15.0 Å². The summed E-state index contributed by atoms with van der Waals surface area (Å²) in [6.07, 6.45) is 0. The number of hydrogen-bond donors (Lipinski definition) is 2. The normalized spacial score (nSPS) is 10.6. The Morgan fingerprint density at radius 1 is 0.750 bits per heavy atom. The molecule has 0 saturated carbocycles. The van der Waals surface area contributed by atoms with Gasteiger partial charge in [0.15, 0.2) is 0 Å². The minimum atomic E-state index is -0.332. The molecule has 0 aliphatic carbocycles. The van der Waals surface area contributed by atoms with Gasteiger partial charge >= 0.3 is 0 Å². The topological polar surface area (TPSA) is 67.4 Å². The van der Waals surface area contributed by atoms with E-state index in [1.165, 1.54) is 21.5 Å². The number of aromatic nitrogens is 2. The van der Waals surface area contributed by atoms with Gasteiger partial charge in [-0.1, -0.05) is 18.2 Å².